The summed E-state index contributed by atoms with van der Waals surface area (Å²) in [6.45, 7) is 0. The Bertz CT molecular complexity index is 850. The third-order valence-electron chi connectivity index (χ3n) is 3.39. The topological polar surface area (TPSA) is 66.5 Å². The molecule has 0 atom stereocenters. The SMILES string of the molecule is O=C(CSC1=CC(=O)N(c2ccc(Cl)cc2)C1=O)Nc1ccccc1. The highest BCUT2D eigenvalue weighted by Crippen LogP contribution is 2.29. The minimum absolute atomic E-state index is 0.0359. The first-order chi connectivity index (χ1) is 12.0. The van der Waals surface area contributed by atoms with E-state index in [1.54, 1.807) is 36.4 Å². The van der Waals surface area contributed by atoms with E-state index in [-0.39, 0.29) is 16.6 Å². The summed E-state index contributed by atoms with van der Waals surface area (Å²) in [4.78, 5) is 37.8. The molecule has 0 fully saturated rings. The molecule has 25 heavy (non-hydrogen) atoms. The van der Waals surface area contributed by atoms with Gasteiger partial charge in [-0.1, -0.05) is 29.8 Å². The second-order valence-electron chi connectivity index (χ2n) is 5.17. The Morgan fingerprint density at radius 3 is 2.40 bits per heavy atom. The number of thioether (sulfide) groups is 1. The van der Waals surface area contributed by atoms with Crippen molar-refractivity contribution in [2.75, 3.05) is 16.0 Å². The quantitative estimate of drug-likeness (QED) is 0.816. The van der Waals surface area contributed by atoms with Crippen LogP contribution in [-0.2, 0) is 14.4 Å². The van der Waals surface area contributed by atoms with Gasteiger partial charge in [0.2, 0.25) is 5.91 Å². The number of amides is 3. The number of anilines is 2. The van der Waals surface area contributed by atoms with E-state index in [0.29, 0.717) is 16.4 Å². The molecule has 1 heterocycles. The molecule has 0 saturated carbocycles. The monoisotopic (exact) mass is 372 g/mol. The van der Waals surface area contributed by atoms with Gasteiger partial charge in [0.15, 0.2) is 0 Å². The van der Waals surface area contributed by atoms with Crippen molar-refractivity contribution in [1.29, 1.82) is 0 Å². The zero-order valence-electron chi connectivity index (χ0n) is 12.9. The van der Waals surface area contributed by atoms with Crippen LogP contribution < -0.4 is 10.2 Å². The molecule has 0 spiro atoms. The van der Waals surface area contributed by atoms with Gasteiger partial charge in [0.1, 0.15) is 0 Å². The van der Waals surface area contributed by atoms with Gasteiger partial charge >= 0.3 is 0 Å². The Labute approximate surface area is 153 Å². The normalized spacial score (nSPS) is 13.8. The number of carbonyl (C=O) groups is 3. The number of hydrogen-bond donors (Lipinski definition) is 1. The molecular weight excluding hydrogens is 360 g/mol. The lowest BCUT2D eigenvalue weighted by molar-refractivity contribution is -0.120. The minimum Gasteiger partial charge on any atom is -0.325 e. The predicted octanol–water partition coefficient (Wildman–Crippen LogP) is 3.47. The number of hydrogen-bond acceptors (Lipinski definition) is 4. The number of nitrogens with one attached hydrogen (secondary N) is 1. The number of para-hydroxylation sites is 1. The Balaban J connectivity index is 1.61. The Hall–Kier alpha value is -2.57. The highest BCUT2D eigenvalue weighted by molar-refractivity contribution is 8.04. The fourth-order valence-corrected chi connectivity index (χ4v) is 3.13. The third kappa shape index (κ3) is 4.10. The molecule has 3 rings (SSSR count). The van der Waals surface area contributed by atoms with E-state index in [9.17, 15) is 14.4 Å². The standard InChI is InChI=1S/C18H13ClN2O3S/c19-12-6-8-14(9-7-12)21-17(23)10-15(18(21)24)25-11-16(22)20-13-4-2-1-3-5-13/h1-10H,11H2,(H,20,22). The lowest BCUT2D eigenvalue weighted by atomic mass is 10.3. The second kappa shape index (κ2) is 7.55. The Morgan fingerprint density at radius 2 is 1.72 bits per heavy atom. The van der Waals surface area contributed by atoms with Crippen LogP contribution in [0.5, 0.6) is 0 Å². The highest BCUT2D eigenvalue weighted by Gasteiger charge is 2.32. The van der Waals surface area contributed by atoms with Crippen LogP contribution in [0.1, 0.15) is 0 Å². The fraction of sp³-hybridized carbons (Fsp3) is 0.0556. The van der Waals surface area contributed by atoms with Crippen LogP contribution in [-0.4, -0.2) is 23.5 Å². The van der Waals surface area contributed by atoms with Crippen molar-refractivity contribution in [2.24, 2.45) is 0 Å². The summed E-state index contributed by atoms with van der Waals surface area (Å²) in [6.07, 6.45) is 1.25. The van der Waals surface area contributed by atoms with Crippen molar-refractivity contribution in [3.05, 3.63) is 70.6 Å². The van der Waals surface area contributed by atoms with E-state index < -0.39 is 11.8 Å². The van der Waals surface area contributed by atoms with Crippen molar-refractivity contribution in [3.63, 3.8) is 0 Å². The maximum atomic E-state index is 12.4. The Morgan fingerprint density at radius 1 is 1.04 bits per heavy atom. The molecule has 3 amide bonds. The molecule has 0 aromatic heterocycles. The van der Waals surface area contributed by atoms with E-state index in [1.807, 2.05) is 18.2 Å². The molecule has 2 aromatic carbocycles. The van der Waals surface area contributed by atoms with Gasteiger partial charge in [-0.15, -0.1) is 11.8 Å². The minimum atomic E-state index is -0.440. The molecule has 0 aliphatic carbocycles. The van der Waals surface area contributed by atoms with E-state index >= 15 is 0 Å². The lowest BCUT2D eigenvalue weighted by Crippen LogP contribution is -2.30. The fourth-order valence-electron chi connectivity index (χ4n) is 2.25. The lowest BCUT2D eigenvalue weighted by Gasteiger charge is -2.14. The Kier molecular flexibility index (Phi) is 5.21. The molecule has 1 N–H and O–H groups in total. The van der Waals surface area contributed by atoms with Crippen LogP contribution >= 0.6 is 23.4 Å². The number of imide groups is 1. The largest absolute Gasteiger partial charge is 0.325 e. The first-order valence-corrected chi connectivity index (χ1v) is 8.74. The van der Waals surface area contributed by atoms with Gasteiger partial charge < -0.3 is 5.32 Å². The number of carbonyl (C=O) groups excluding carboxylic acids is 3. The van der Waals surface area contributed by atoms with E-state index in [0.717, 1.165) is 16.7 Å². The zero-order chi connectivity index (χ0) is 17.8. The molecule has 1 aliphatic rings. The van der Waals surface area contributed by atoms with Gasteiger partial charge in [-0.05, 0) is 36.4 Å². The van der Waals surface area contributed by atoms with Crippen molar-refractivity contribution < 1.29 is 14.4 Å². The van der Waals surface area contributed by atoms with E-state index in [1.165, 1.54) is 6.08 Å². The van der Waals surface area contributed by atoms with Crippen LogP contribution in [0.25, 0.3) is 0 Å². The zero-order valence-corrected chi connectivity index (χ0v) is 14.5. The van der Waals surface area contributed by atoms with Gasteiger partial charge in [-0.2, -0.15) is 0 Å². The molecule has 0 radical (unpaired) electrons. The van der Waals surface area contributed by atoms with Gasteiger partial charge in [0.25, 0.3) is 11.8 Å². The summed E-state index contributed by atoms with van der Waals surface area (Å²) in [5, 5.41) is 3.25. The molecule has 126 valence electrons. The maximum Gasteiger partial charge on any atom is 0.271 e. The molecule has 0 unspecified atom stereocenters. The summed E-state index contributed by atoms with van der Waals surface area (Å²) in [5.41, 5.74) is 1.12. The average molecular weight is 373 g/mol. The summed E-state index contributed by atoms with van der Waals surface area (Å²) in [6, 6.07) is 15.4. The number of benzene rings is 2. The number of rotatable bonds is 5. The van der Waals surface area contributed by atoms with Crippen LogP contribution in [0.3, 0.4) is 0 Å². The van der Waals surface area contributed by atoms with E-state index in [4.69, 9.17) is 11.6 Å². The maximum absolute atomic E-state index is 12.4. The van der Waals surface area contributed by atoms with Gasteiger partial charge in [-0.3, -0.25) is 14.4 Å². The summed E-state index contributed by atoms with van der Waals surface area (Å²) in [5.74, 6) is -1.08. The van der Waals surface area contributed by atoms with E-state index in [2.05, 4.69) is 5.32 Å². The molecule has 1 aliphatic heterocycles. The van der Waals surface area contributed by atoms with Crippen LogP contribution in [0, 0.1) is 0 Å². The summed E-state index contributed by atoms with van der Waals surface area (Å²) in [7, 11) is 0. The smallest absolute Gasteiger partial charge is 0.271 e. The van der Waals surface area contributed by atoms with Crippen LogP contribution in [0.2, 0.25) is 5.02 Å². The second-order valence-corrected chi connectivity index (χ2v) is 6.62. The van der Waals surface area contributed by atoms with Crippen LogP contribution in [0.15, 0.2) is 65.6 Å². The van der Waals surface area contributed by atoms with Crippen LogP contribution in [0.4, 0.5) is 11.4 Å². The molecule has 2 aromatic rings. The molecule has 7 heteroatoms. The molecule has 0 bridgehead atoms. The van der Waals surface area contributed by atoms with Gasteiger partial charge in [-0.25, -0.2) is 4.90 Å². The summed E-state index contributed by atoms with van der Waals surface area (Å²) >= 11 is 6.86. The molecule has 0 saturated heterocycles. The first-order valence-electron chi connectivity index (χ1n) is 7.38. The predicted molar refractivity (Wildman–Crippen MR) is 99.6 cm³/mol. The number of halogens is 1. The van der Waals surface area contributed by atoms with Crippen molar-refractivity contribution in [2.45, 2.75) is 0 Å². The van der Waals surface area contributed by atoms with Crippen molar-refractivity contribution >= 4 is 52.5 Å². The highest BCUT2D eigenvalue weighted by atomic mass is 35.5. The summed E-state index contributed by atoms with van der Waals surface area (Å²) < 4.78 is 0. The average Bonchev–Trinajstić information content (AvgIpc) is 2.89. The first kappa shape index (κ1) is 17.3. The third-order valence-corrected chi connectivity index (χ3v) is 4.65. The molecular formula is C18H13ClN2O3S. The van der Waals surface area contributed by atoms with Crippen molar-refractivity contribution in [3.8, 4) is 0 Å². The number of nitrogens with zero attached hydrogens (tertiary/aromatic N) is 1. The van der Waals surface area contributed by atoms with Gasteiger partial charge in [0, 0.05) is 16.8 Å². The van der Waals surface area contributed by atoms with Gasteiger partial charge in [0.05, 0.1) is 16.3 Å². The molecule has 5 nitrogen and oxygen atoms in total. The van der Waals surface area contributed by atoms with Crippen molar-refractivity contribution in [1.82, 2.24) is 0 Å².